The van der Waals surface area contributed by atoms with E-state index in [0.29, 0.717) is 0 Å². The molecular formula is C5H3N2. The standard InChI is InChI=1S/C5H3N2/c1-2-5(3-6)4-7/h1-2,5H. The average Bonchev–Trinajstić information content (AvgIpc) is 1.72. The van der Waals surface area contributed by atoms with Crippen LogP contribution in [0, 0.1) is 35.2 Å². The quantitative estimate of drug-likeness (QED) is 0.475. The largest absolute Gasteiger partial charge is 0.197 e. The van der Waals surface area contributed by atoms with E-state index < -0.39 is 5.92 Å². The summed E-state index contributed by atoms with van der Waals surface area (Å²) in [5.74, 6) is -0.750. The van der Waals surface area contributed by atoms with Gasteiger partial charge in [-0.25, -0.2) is 0 Å². The van der Waals surface area contributed by atoms with Gasteiger partial charge in [0.25, 0.3) is 0 Å². The molecule has 0 aliphatic carbocycles. The van der Waals surface area contributed by atoms with E-state index in [2.05, 4.69) is 0 Å². The highest BCUT2D eigenvalue weighted by Crippen LogP contribution is 1.88. The molecule has 1 radical (unpaired) electrons. The number of rotatable bonds is 1. The molecule has 0 spiro atoms. The maximum Gasteiger partial charge on any atom is 0.151 e. The van der Waals surface area contributed by atoms with Crippen LogP contribution in [0.25, 0.3) is 0 Å². The van der Waals surface area contributed by atoms with Crippen molar-refractivity contribution in [2.24, 2.45) is 5.92 Å². The van der Waals surface area contributed by atoms with Gasteiger partial charge >= 0.3 is 0 Å². The molecule has 0 aromatic rings. The van der Waals surface area contributed by atoms with Crippen molar-refractivity contribution in [1.29, 1.82) is 10.5 Å². The first-order chi connectivity index (χ1) is 3.35. The fourth-order valence-electron chi connectivity index (χ4n) is 0.115. The van der Waals surface area contributed by atoms with E-state index in [-0.39, 0.29) is 0 Å². The summed E-state index contributed by atoms with van der Waals surface area (Å²) in [6, 6.07) is 3.32. The monoisotopic (exact) mass is 91.0 g/mol. The molecule has 0 saturated heterocycles. The van der Waals surface area contributed by atoms with Gasteiger partial charge in [0, 0.05) is 0 Å². The molecule has 2 heteroatoms. The van der Waals surface area contributed by atoms with Crippen molar-refractivity contribution in [3.8, 4) is 12.1 Å². The molecule has 33 valence electrons. The predicted molar refractivity (Wildman–Crippen MR) is 23.6 cm³/mol. The van der Waals surface area contributed by atoms with E-state index in [9.17, 15) is 0 Å². The second-order valence-electron chi connectivity index (χ2n) is 0.928. The second kappa shape index (κ2) is 2.93. The average molecular weight is 91.1 g/mol. The van der Waals surface area contributed by atoms with Gasteiger partial charge in [0.1, 0.15) is 0 Å². The summed E-state index contributed by atoms with van der Waals surface area (Å²) in [6.45, 7) is 4.82. The van der Waals surface area contributed by atoms with Gasteiger partial charge in [-0.05, 0) is 0 Å². The van der Waals surface area contributed by atoms with Gasteiger partial charge in [0.05, 0.1) is 12.1 Å². The SMILES string of the molecule is [CH]=CC(C#N)C#N. The molecule has 0 aromatic carbocycles. The Morgan fingerprint density at radius 1 is 1.43 bits per heavy atom. The molecule has 0 amide bonds. The first-order valence-electron chi connectivity index (χ1n) is 1.69. The summed E-state index contributed by atoms with van der Waals surface area (Å²) in [6.07, 6.45) is 1.06. The van der Waals surface area contributed by atoms with Crippen molar-refractivity contribution in [1.82, 2.24) is 0 Å². The molecule has 2 nitrogen and oxygen atoms in total. The van der Waals surface area contributed by atoms with Gasteiger partial charge in [-0.3, -0.25) is 0 Å². The Labute approximate surface area is 42.3 Å². The maximum atomic E-state index is 7.94. The zero-order valence-corrected chi connectivity index (χ0v) is 3.63. The number of hydrogen-bond acceptors (Lipinski definition) is 2. The van der Waals surface area contributed by atoms with Gasteiger partial charge < -0.3 is 0 Å². The molecule has 7 heavy (non-hydrogen) atoms. The molecule has 0 aliphatic heterocycles. The third-order valence-electron chi connectivity index (χ3n) is 0.471. The fourth-order valence-corrected chi connectivity index (χ4v) is 0.115. The molecule has 0 fully saturated rings. The van der Waals surface area contributed by atoms with Crippen LogP contribution in [-0.2, 0) is 0 Å². The van der Waals surface area contributed by atoms with Crippen LogP contribution in [0.5, 0.6) is 0 Å². The Hall–Kier alpha value is -1.28. The highest BCUT2D eigenvalue weighted by atomic mass is 14.3. The van der Waals surface area contributed by atoms with Crippen LogP contribution in [0.3, 0.4) is 0 Å². The lowest BCUT2D eigenvalue weighted by atomic mass is 10.2. The minimum atomic E-state index is -0.750. The third kappa shape index (κ3) is 1.57. The van der Waals surface area contributed by atoms with E-state index in [1.54, 1.807) is 12.1 Å². The Morgan fingerprint density at radius 2 is 1.86 bits per heavy atom. The van der Waals surface area contributed by atoms with Crippen molar-refractivity contribution in [2.75, 3.05) is 0 Å². The smallest absolute Gasteiger partial charge is 0.151 e. The lowest BCUT2D eigenvalue weighted by Gasteiger charge is -1.77. The van der Waals surface area contributed by atoms with Crippen molar-refractivity contribution >= 4 is 0 Å². The minimum Gasteiger partial charge on any atom is -0.197 e. The zero-order valence-electron chi connectivity index (χ0n) is 3.63. The van der Waals surface area contributed by atoms with Crippen molar-refractivity contribution in [3.05, 3.63) is 12.7 Å². The van der Waals surface area contributed by atoms with Gasteiger partial charge in [0.2, 0.25) is 0 Å². The van der Waals surface area contributed by atoms with Crippen molar-refractivity contribution in [3.63, 3.8) is 0 Å². The van der Waals surface area contributed by atoms with Crippen LogP contribution < -0.4 is 0 Å². The van der Waals surface area contributed by atoms with E-state index in [4.69, 9.17) is 17.1 Å². The summed E-state index contributed by atoms with van der Waals surface area (Å²) < 4.78 is 0. The van der Waals surface area contributed by atoms with E-state index in [1.165, 1.54) is 0 Å². The summed E-state index contributed by atoms with van der Waals surface area (Å²) in [5.41, 5.74) is 0. The summed E-state index contributed by atoms with van der Waals surface area (Å²) in [4.78, 5) is 0. The minimum absolute atomic E-state index is 0.750. The second-order valence-corrected chi connectivity index (χ2v) is 0.928. The first kappa shape index (κ1) is 5.72. The van der Waals surface area contributed by atoms with Crippen LogP contribution in [0.2, 0.25) is 0 Å². The zero-order chi connectivity index (χ0) is 5.70. The topological polar surface area (TPSA) is 47.6 Å². The van der Waals surface area contributed by atoms with Gasteiger partial charge in [-0.1, -0.05) is 12.7 Å². The van der Waals surface area contributed by atoms with Gasteiger partial charge in [-0.2, -0.15) is 10.5 Å². The Balaban J connectivity index is 3.73. The predicted octanol–water partition coefficient (Wildman–Crippen LogP) is 0.639. The summed E-state index contributed by atoms with van der Waals surface area (Å²) in [5, 5.41) is 15.9. The Kier molecular flexibility index (Phi) is 2.40. The van der Waals surface area contributed by atoms with E-state index >= 15 is 0 Å². The van der Waals surface area contributed by atoms with Crippen LogP contribution in [0.1, 0.15) is 0 Å². The number of hydrogen-bond donors (Lipinski definition) is 0. The normalized spacial score (nSPS) is 6.71. The Morgan fingerprint density at radius 3 is 1.86 bits per heavy atom. The van der Waals surface area contributed by atoms with Crippen LogP contribution >= 0.6 is 0 Å². The molecule has 0 aliphatic rings. The maximum absolute atomic E-state index is 7.94. The van der Waals surface area contributed by atoms with Crippen molar-refractivity contribution < 1.29 is 0 Å². The molecule has 0 unspecified atom stereocenters. The first-order valence-corrected chi connectivity index (χ1v) is 1.69. The van der Waals surface area contributed by atoms with Gasteiger partial charge in [-0.15, -0.1) is 0 Å². The fraction of sp³-hybridized carbons (Fsp3) is 0.200. The lowest BCUT2D eigenvalue weighted by Crippen LogP contribution is -1.81. The molecule has 0 bridgehead atoms. The van der Waals surface area contributed by atoms with Crippen LogP contribution in [-0.4, -0.2) is 0 Å². The highest BCUT2D eigenvalue weighted by Gasteiger charge is 1.92. The number of nitrogens with zero attached hydrogens (tertiary/aromatic N) is 2. The highest BCUT2D eigenvalue weighted by molar-refractivity contribution is 5.07. The molecule has 0 N–H and O–H groups in total. The number of allylic oxidation sites excluding steroid dienone is 1. The molecule has 0 heterocycles. The van der Waals surface area contributed by atoms with Crippen LogP contribution in [0.15, 0.2) is 6.08 Å². The van der Waals surface area contributed by atoms with Crippen molar-refractivity contribution in [2.45, 2.75) is 0 Å². The molecule has 0 atom stereocenters. The summed E-state index contributed by atoms with van der Waals surface area (Å²) in [7, 11) is 0. The molecular weight excluding hydrogens is 88.1 g/mol. The number of nitriles is 2. The summed E-state index contributed by atoms with van der Waals surface area (Å²) >= 11 is 0. The van der Waals surface area contributed by atoms with E-state index in [1.807, 2.05) is 0 Å². The van der Waals surface area contributed by atoms with E-state index in [0.717, 1.165) is 6.08 Å². The van der Waals surface area contributed by atoms with Gasteiger partial charge in [0.15, 0.2) is 5.92 Å². The molecule has 0 aromatic heterocycles. The molecule has 0 rings (SSSR count). The molecule has 0 saturated carbocycles. The Bertz CT molecular complexity index is 121. The third-order valence-corrected chi connectivity index (χ3v) is 0.471. The van der Waals surface area contributed by atoms with Crippen LogP contribution in [0.4, 0.5) is 0 Å². The lowest BCUT2D eigenvalue weighted by molar-refractivity contribution is 1.09.